The molecule has 4 rings (SSSR count). The Kier molecular flexibility index (Phi) is 8.24. The standard InChI is InChI=1S/C26H23F3N6OS/c1-18-4-2-3-5-23(18)35-14-15-37-25(35)34-33-16-19-6-8-20(9-7-19)24(30)32-17-31-21-10-12-22(13-11-21)36-26(27,28)29/h2-13,16-17H,14-15H2,1H3,(H2,30,31,32)/b33-16-,34-25+. The van der Waals surface area contributed by atoms with Crippen molar-refractivity contribution in [2.75, 3.05) is 17.2 Å². The normalized spacial score (nSPS) is 15.8. The van der Waals surface area contributed by atoms with E-state index in [9.17, 15) is 13.2 Å². The van der Waals surface area contributed by atoms with Crippen molar-refractivity contribution in [3.63, 3.8) is 0 Å². The van der Waals surface area contributed by atoms with Crippen LogP contribution in [0.25, 0.3) is 0 Å². The monoisotopic (exact) mass is 524 g/mol. The number of alkyl halides is 3. The number of anilines is 1. The Labute approximate surface area is 216 Å². The smallest absolute Gasteiger partial charge is 0.406 e. The van der Waals surface area contributed by atoms with E-state index in [4.69, 9.17) is 5.73 Å². The van der Waals surface area contributed by atoms with Gasteiger partial charge in [0.1, 0.15) is 17.9 Å². The highest BCUT2D eigenvalue weighted by molar-refractivity contribution is 8.14. The number of hydrogen-bond acceptors (Lipinski definition) is 5. The van der Waals surface area contributed by atoms with E-state index >= 15 is 0 Å². The molecule has 0 bridgehead atoms. The Balaban J connectivity index is 1.35. The maximum atomic E-state index is 12.2. The lowest BCUT2D eigenvalue weighted by atomic mass is 10.1. The van der Waals surface area contributed by atoms with Crippen molar-refractivity contribution >= 4 is 46.7 Å². The van der Waals surface area contributed by atoms with E-state index in [0.717, 1.165) is 28.7 Å². The van der Waals surface area contributed by atoms with Gasteiger partial charge in [0.05, 0.1) is 11.9 Å². The molecule has 0 radical (unpaired) electrons. The van der Waals surface area contributed by atoms with Crippen LogP contribution in [0, 0.1) is 6.92 Å². The third-order valence-electron chi connectivity index (χ3n) is 5.21. The Morgan fingerprint density at radius 3 is 2.46 bits per heavy atom. The number of aliphatic imine (C=N–C) groups is 2. The van der Waals surface area contributed by atoms with Gasteiger partial charge in [0.2, 0.25) is 0 Å². The molecule has 37 heavy (non-hydrogen) atoms. The van der Waals surface area contributed by atoms with Crippen LogP contribution < -0.4 is 15.4 Å². The summed E-state index contributed by atoms with van der Waals surface area (Å²) in [6, 6.07) is 20.6. The van der Waals surface area contributed by atoms with Crippen molar-refractivity contribution in [1.29, 1.82) is 0 Å². The second-order valence-corrected chi connectivity index (χ2v) is 8.90. The minimum atomic E-state index is -4.74. The molecule has 190 valence electrons. The maximum absolute atomic E-state index is 12.2. The summed E-state index contributed by atoms with van der Waals surface area (Å²) in [6.45, 7) is 2.97. The summed E-state index contributed by atoms with van der Waals surface area (Å²) in [5, 5.41) is 9.53. The number of aryl methyl sites for hydroxylation is 1. The predicted molar refractivity (Wildman–Crippen MR) is 144 cm³/mol. The number of halogens is 3. The Bertz CT molecular complexity index is 1340. The largest absolute Gasteiger partial charge is 0.573 e. The minimum absolute atomic E-state index is 0.237. The number of rotatable bonds is 7. The van der Waals surface area contributed by atoms with Crippen LogP contribution in [0.15, 0.2) is 93.0 Å². The number of para-hydroxylation sites is 1. The van der Waals surface area contributed by atoms with Gasteiger partial charge in [-0.2, -0.15) is 5.10 Å². The van der Waals surface area contributed by atoms with Crippen LogP contribution in [-0.4, -0.2) is 42.2 Å². The zero-order valence-electron chi connectivity index (χ0n) is 19.8. The van der Waals surface area contributed by atoms with Gasteiger partial charge in [-0.15, -0.1) is 18.3 Å². The highest BCUT2D eigenvalue weighted by Crippen LogP contribution is 2.28. The van der Waals surface area contributed by atoms with Crippen LogP contribution in [0.1, 0.15) is 16.7 Å². The van der Waals surface area contributed by atoms with E-state index in [1.54, 1.807) is 30.1 Å². The third-order valence-corrected chi connectivity index (χ3v) is 6.16. The van der Waals surface area contributed by atoms with Crippen molar-refractivity contribution in [3.05, 3.63) is 89.5 Å². The second-order valence-electron chi connectivity index (χ2n) is 7.84. The quantitative estimate of drug-likeness (QED) is 0.237. The average Bonchev–Trinajstić information content (AvgIpc) is 3.33. The molecule has 7 nitrogen and oxygen atoms in total. The van der Waals surface area contributed by atoms with E-state index in [1.165, 1.54) is 36.2 Å². The Morgan fingerprint density at radius 1 is 1.03 bits per heavy atom. The van der Waals surface area contributed by atoms with E-state index in [0.29, 0.717) is 11.3 Å². The Morgan fingerprint density at radius 2 is 1.76 bits per heavy atom. The molecule has 11 heteroatoms. The number of thioether (sulfide) groups is 1. The van der Waals surface area contributed by atoms with Crippen LogP contribution in [-0.2, 0) is 0 Å². The van der Waals surface area contributed by atoms with Crippen molar-refractivity contribution in [2.45, 2.75) is 13.3 Å². The minimum Gasteiger partial charge on any atom is -0.406 e. The zero-order valence-corrected chi connectivity index (χ0v) is 20.6. The van der Waals surface area contributed by atoms with Gasteiger partial charge >= 0.3 is 6.36 Å². The zero-order chi connectivity index (χ0) is 26.3. The molecule has 3 aromatic rings. The van der Waals surface area contributed by atoms with Crippen LogP contribution in [0.3, 0.4) is 0 Å². The molecule has 0 spiro atoms. The molecule has 1 aliphatic heterocycles. The molecular formula is C26H23F3N6OS. The van der Waals surface area contributed by atoms with E-state index in [-0.39, 0.29) is 11.6 Å². The number of ether oxygens (including phenoxy) is 1. The van der Waals surface area contributed by atoms with Gasteiger partial charge < -0.3 is 15.4 Å². The second kappa shape index (κ2) is 11.7. The first-order chi connectivity index (χ1) is 17.8. The fourth-order valence-corrected chi connectivity index (χ4v) is 4.33. The maximum Gasteiger partial charge on any atom is 0.573 e. The van der Waals surface area contributed by atoms with Crippen LogP contribution in [0.2, 0.25) is 0 Å². The molecule has 0 amide bonds. The molecule has 3 aromatic carbocycles. The summed E-state index contributed by atoms with van der Waals surface area (Å²) >= 11 is 1.67. The van der Waals surface area contributed by atoms with Gasteiger partial charge in [-0.1, -0.05) is 54.2 Å². The molecule has 1 aliphatic rings. The fourth-order valence-electron chi connectivity index (χ4n) is 3.43. The van der Waals surface area contributed by atoms with Crippen molar-refractivity contribution in [3.8, 4) is 5.75 Å². The number of nitrogens with two attached hydrogens (primary N) is 1. The van der Waals surface area contributed by atoms with Crippen LogP contribution >= 0.6 is 11.8 Å². The lowest BCUT2D eigenvalue weighted by molar-refractivity contribution is -0.274. The molecule has 0 unspecified atom stereocenters. The molecule has 0 atom stereocenters. The molecular weight excluding hydrogens is 501 g/mol. The summed E-state index contributed by atoms with van der Waals surface area (Å²) in [5.41, 5.74) is 10.3. The summed E-state index contributed by atoms with van der Waals surface area (Å²) in [5.74, 6) is 0.868. The predicted octanol–water partition coefficient (Wildman–Crippen LogP) is 5.90. The Hall–Kier alpha value is -4.12. The van der Waals surface area contributed by atoms with Gasteiger partial charge in [-0.25, -0.2) is 9.98 Å². The molecule has 1 fully saturated rings. The van der Waals surface area contributed by atoms with E-state index in [1.807, 2.05) is 24.3 Å². The van der Waals surface area contributed by atoms with Crippen molar-refractivity contribution in [2.24, 2.45) is 25.9 Å². The molecule has 0 saturated carbocycles. The van der Waals surface area contributed by atoms with Gasteiger partial charge in [0.15, 0.2) is 5.17 Å². The number of hydrogen-bond donors (Lipinski definition) is 1. The first-order valence-corrected chi connectivity index (χ1v) is 12.2. The SMILES string of the molecule is Cc1ccccc1N1CCS/C1=N/N=C\c1ccc(C(N)=NC=Nc2ccc(OC(F)(F)F)cc2)cc1. The number of benzene rings is 3. The first-order valence-electron chi connectivity index (χ1n) is 11.2. The fraction of sp³-hybridized carbons (Fsp3) is 0.154. The van der Waals surface area contributed by atoms with Crippen LogP contribution in [0.5, 0.6) is 5.75 Å². The number of nitrogens with zero attached hydrogens (tertiary/aromatic N) is 5. The van der Waals surface area contributed by atoms with Gasteiger partial charge in [0.25, 0.3) is 0 Å². The van der Waals surface area contributed by atoms with Gasteiger partial charge in [-0.3, -0.25) is 0 Å². The molecule has 1 heterocycles. The lowest BCUT2D eigenvalue weighted by Gasteiger charge is -2.19. The lowest BCUT2D eigenvalue weighted by Crippen LogP contribution is -2.24. The van der Waals surface area contributed by atoms with Crippen LogP contribution in [0.4, 0.5) is 24.5 Å². The molecule has 0 aromatic heterocycles. The molecule has 1 saturated heterocycles. The van der Waals surface area contributed by atoms with Gasteiger partial charge in [-0.05, 0) is 48.4 Å². The third kappa shape index (κ3) is 7.43. The topological polar surface area (TPSA) is 87.9 Å². The van der Waals surface area contributed by atoms with E-state index in [2.05, 4.69) is 48.9 Å². The first kappa shape index (κ1) is 26.0. The van der Waals surface area contributed by atoms with Crippen molar-refractivity contribution < 1.29 is 17.9 Å². The molecule has 0 aliphatic carbocycles. The average molecular weight is 525 g/mol. The summed E-state index contributed by atoms with van der Waals surface area (Å²) in [6.07, 6.45) is -1.83. The van der Waals surface area contributed by atoms with Gasteiger partial charge in [0, 0.05) is 23.5 Å². The number of amidine groups is 2. The molecule has 2 N–H and O–H groups in total. The summed E-state index contributed by atoms with van der Waals surface area (Å²) in [7, 11) is 0. The highest BCUT2D eigenvalue weighted by Gasteiger charge is 2.30. The van der Waals surface area contributed by atoms with Crippen molar-refractivity contribution in [1.82, 2.24) is 0 Å². The summed E-state index contributed by atoms with van der Waals surface area (Å²) < 4.78 is 40.5. The highest BCUT2D eigenvalue weighted by atomic mass is 32.2. The van der Waals surface area contributed by atoms with E-state index < -0.39 is 6.36 Å². The summed E-state index contributed by atoms with van der Waals surface area (Å²) in [4.78, 5) is 10.3.